The SMILES string of the molecule is Cc1cccc([As]2(C)c3ccccc3[OH+]c3ccccc32)c1.[I-]. The zero-order valence-corrected chi connectivity index (χ0v) is 17.2. The summed E-state index contributed by atoms with van der Waals surface area (Å²) in [4.78, 5) is 0. The second-order valence-corrected chi connectivity index (χ2v) is 13.3. The molecule has 0 saturated carbocycles. The molecular weight excluding hydrogens is 458 g/mol. The van der Waals surface area contributed by atoms with Crippen molar-refractivity contribution in [3.63, 3.8) is 0 Å². The van der Waals surface area contributed by atoms with Gasteiger partial charge in [0.15, 0.2) is 0 Å². The van der Waals surface area contributed by atoms with E-state index in [1.807, 2.05) is 0 Å². The molecule has 117 valence electrons. The largest absolute Gasteiger partial charge is 1.00 e. The molecule has 0 aromatic heterocycles. The van der Waals surface area contributed by atoms with Crippen LogP contribution in [0.15, 0.2) is 72.8 Å². The van der Waals surface area contributed by atoms with Gasteiger partial charge in [-0.1, -0.05) is 0 Å². The number of hydrogen-bond donors (Lipinski definition) is 0. The summed E-state index contributed by atoms with van der Waals surface area (Å²) in [6, 6.07) is 26.4. The van der Waals surface area contributed by atoms with Gasteiger partial charge in [0.1, 0.15) is 0 Å². The van der Waals surface area contributed by atoms with E-state index in [2.05, 4.69) is 85.4 Å². The van der Waals surface area contributed by atoms with Gasteiger partial charge in [-0.15, -0.1) is 0 Å². The molecular formula is C20H19AsIO. The molecule has 1 aliphatic rings. The molecule has 1 aliphatic heterocycles. The van der Waals surface area contributed by atoms with Gasteiger partial charge in [-0.05, 0) is 0 Å². The first-order valence-electron chi connectivity index (χ1n) is 7.54. The Kier molecular flexibility index (Phi) is 4.57. The summed E-state index contributed by atoms with van der Waals surface area (Å²) in [6.45, 7) is 2.18. The maximum Gasteiger partial charge on any atom is -1.00 e. The molecule has 3 aromatic rings. The number of para-hydroxylation sites is 2. The van der Waals surface area contributed by atoms with Crippen molar-refractivity contribution in [2.75, 3.05) is 0 Å². The summed E-state index contributed by atoms with van der Waals surface area (Å²) in [6.07, 6.45) is 0. The fraction of sp³-hybridized carbons (Fsp3) is 0.100. The van der Waals surface area contributed by atoms with Gasteiger partial charge in [0.2, 0.25) is 0 Å². The molecule has 0 atom stereocenters. The fourth-order valence-corrected chi connectivity index (χ4v) is 10.9. The molecule has 0 unspecified atom stereocenters. The number of fused-ring (bicyclic) bond motifs is 2. The van der Waals surface area contributed by atoms with Crippen LogP contribution in [0.4, 0.5) is 0 Å². The Hall–Kier alpha value is -1.25. The van der Waals surface area contributed by atoms with Crippen LogP contribution in [0, 0.1) is 6.92 Å². The first-order chi connectivity index (χ1) is 10.7. The summed E-state index contributed by atoms with van der Waals surface area (Å²) in [5, 5.41) is 0. The summed E-state index contributed by atoms with van der Waals surface area (Å²) in [7, 11) is 0. The molecule has 1 nitrogen and oxygen atoms in total. The minimum absolute atomic E-state index is 0. The molecule has 1 radical (unpaired) electrons. The summed E-state index contributed by atoms with van der Waals surface area (Å²) < 4.78 is 9.29. The van der Waals surface area contributed by atoms with E-state index in [4.69, 9.17) is 4.74 Å². The Bertz CT molecular complexity index is 814. The predicted octanol–water partition coefficient (Wildman–Crippen LogP) is 0.0672. The second kappa shape index (κ2) is 6.33. The summed E-state index contributed by atoms with van der Waals surface area (Å²) in [5.74, 6) is 2.30. The average molecular weight is 477 g/mol. The van der Waals surface area contributed by atoms with Crippen molar-refractivity contribution in [3.8, 4) is 11.5 Å². The van der Waals surface area contributed by atoms with Crippen molar-refractivity contribution in [3.05, 3.63) is 78.4 Å². The first kappa shape index (κ1) is 16.6. The van der Waals surface area contributed by atoms with Crippen LogP contribution in [-0.2, 0) is 0 Å². The van der Waals surface area contributed by atoms with E-state index in [1.165, 1.54) is 18.6 Å². The molecule has 0 saturated heterocycles. The number of benzene rings is 3. The van der Waals surface area contributed by atoms with Gasteiger partial charge < -0.3 is 24.0 Å². The van der Waals surface area contributed by atoms with E-state index in [-0.39, 0.29) is 24.0 Å². The van der Waals surface area contributed by atoms with E-state index in [9.17, 15) is 0 Å². The van der Waals surface area contributed by atoms with Crippen molar-refractivity contribution in [2.45, 2.75) is 12.6 Å². The third-order valence-electron chi connectivity index (χ3n) is 4.49. The van der Waals surface area contributed by atoms with Gasteiger partial charge in [-0.2, -0.15) is 0 Å². The maximum absolute atomic E-state index is 4.90. The molecule has 0 bridgehead atoms. The fourth-order valence-electron chi connectivity index (χ4n) is 3.32. The zero-order chi connectivity index (χ0) is 15.2. The van der Waals surface area contributed by atoms with Crippen LogP contribution in [0.3, 0.4) is 0 Å². The molecule has 1 N–H and O–H groups in total. The van der Waals surface area contributed by atoms with E-state index in [0.29, 0.717) is 0 Å². The number of rotatable bonds is 1. The second-order valence-electron chi connectivity index (χ2n) is 5.93. The average Bonchev–Trinajstić information content (AvgIpc) is 2.55. The number of aryl methyl sites for hydroxylation is 1. The van der Waals surface area contributed by atoms with Gasteiger partial charge in [0.25, 0.3) is 0 Å². The molecule has 1 heterocycles. The van der Waals surface area contributed by atoms with E-state index in [1.54, 1.807) is 0 Å². The van der Waals surface area contributed by atoms with Crippen LogP contribution in [0.25, 0.3) is 0 Å². The molecule has 3 heteroatoms. The number of hydrogen-bond acceptors (Lipinski definition) is 0. The molecule has 3 aromatic carbocycles. The third-order valence-corrected chi connectivity index (χ3v) is 12.9. The number of ether oxygens (including phenoxy) is 1. The standard InChI is InChI=1S/C20H18AsO.HI/c1-15-8-7-9-16(14-15)21(2)17-10-3-5-12-19(17)22-20-13-6-4-11-18(20)21;/h3-14H,1-2H3;1H. The van der Waals surface area contributed by atoms with E-state index >= 15 is 0 Å². The van der Waals surface area contributed by atoms with Crippen LogP contribution in [0.5, 0.6) is 11.5 Å². The van der Waals surface area contributed by atoms with Crippen LogP contribution < -0.4 is 37.0 Å². The molecule has 0 spiro atoms. The minimum Gasteiger partial charge on any atom is -1.00 e. The Balaban J connectivity index is 0.00000156. The third kappa shape index (κ3) is 2.62. The number of halogens is 1. The Morgan fingerprint density at radius 3 is 1.87 bits per heavy atom. The topological polar surface area (TPSA) is 12.8 Å². The van der Waals surface area contributed by atoms with Crippen LogP contribution in [-0.4, -0.2) is 18.3 Å². The van der Waals surface area contributed by atoms with Crippen molar-refractivity contribution in [1.82, 2.24) is 0 Å². The number of aromatic hydroxyl groups is 2. The predicted molar refractivity (Wildman–Crippen MR) is 95.7 cm³/mol. The van der Waals surface area contributed by atoms with Gasteiger partial charge in [-0.3, -0.25) is 0 Å². The zero-order valence-electron chi connectivity index (χ0n) is 13.2. The van der Waals surface area contributed by atoms with Crippen molar-refractivity contribution < 1.29 is 28.7 Å². The van der Waals surface area contributed by atoms with Crippen LogP contribution >= 0.6 is 0 Å². The van der Waals surface area contributed by atoms with Crippen molar-refractivity contribution in [1.29, 1.82) is 0 Å². The maximum atomic E-state index is 4.90. The Labute approximate surface area is 157 Å². The van der Waals surface area contributed by atoms with Gasteiger partial charge in [0.05, 0.1) is 0 Å². The summed E-state index contributed by atoms with van der Waals surface area (Å²) in [5.41, 5.74) is 3.82. The van der Waals surface area contributed by atoms with Crippen molar-refractivity contribution in [2.24, 2.45) is 0 Å². The van der Waals surface area contributed by atoms with Crippen molar-refractivity contribution >= 4 is 26.6 Å². The van der Waals surface area contributed by atoms with Gasteiger partial charge in [-0.25, -0.2) is 0 Å². The van der Waals surface area contributed by atoms with Crippen LogP contribution in [0.2, 0.25) is 5.71 Å². The van der Waals surface area contributed by atoms with Gasteiger partial charge in [0, 0.05) is 0 Å². The van der Waals surface area contributed by atoms with E-state index < -0.39 is 13.6 Å². The Morgan fingerprint density at radius 1 is 0.739 bits per heavy atom. The van der Waals surface area contributed by atoms with E-state index in [0.717, 1.165) is 11.5 Å². The quantitative estimate of drug-likeness (QED) is 0.268. The first-order valence-corrected chi connectivity index (χ1v) is 12.2. The molecule has 0 amide bonds. The normalized spacial score (nSPS) is 14.0. The van der Waals surface area contributed by atoms with Crippen LogP contribution in [0.1, 0.15) is 5.56 Å². The minimum atomic E-state index is -2.41. The Morgan fingerprint density at radius 2 is 1.30 bits per heavy atom. The smallest absolute Gasteiger partial charge is 1.00 e. The molecule has 0 aliphatic carbocycles. The molecule has 23 heavy (non-hydrogen) atoms. The van der Waals surface area contributed by atoms with Gasteiger partial charge >= 0.3 is 134 Å². The summed E-state index contributed by atoms with van der Waals surface area (Å²) >= 11 is -2.41. The molecule has 0 fully saturated rings. The monoisotopic (exact) mass is 477 g/mol. The molecule has 4 rings (SSSR count).